The van der Waals surface area contributed by atoms with Crippen LogP contribution in [0.3, 0.4) is 0 Å². The molecule has 0 aromatic heterocycles. The molecule has 0 aliphatic heterocycles. The molecule has 0 amide bonds. The number of ether oxygens (including phenoxy) is 8. The summed E-state index contributed by atoms with van der Waals surface area (Å²) in [4.78, 5) is 0. The Hall–Kier alpha value is -0.500. The first-order chi connectivity index (χ1) is 17.2. The maximum Gasteiger partial charge on any atom is 0.264 e. The van der Waals surface area contributed by atoms with Crippen LogP contribution in [0.25, 0.3) is 0 Å². The lowest BCUT2D eigenvalue weighted by Gasteiger charge is -2.08. The first-order valence-corrected chi connectivity index (χ1v) is 15.1. The standard InChI is InChI=1S/C20H42O14S2/c1-35(21,22)33-19-17-31-15-13-29-11-9-27-7-5-25-3-4-26-6-8-28-10-12-30-14-16-32-18-20-34-36(2,23)24/h3-20H2,1-2H3. The van der Waals surface area contributed by atoms with Crippen LogP contribution in [0.5, 0.6) is 0 Å². The fourth-order valence-electron chi connectivity index (χ4n) is 2.13. The summed E-state index contributed by atoms with van der Waals surface area (Å²) in [5.41, 5.74) is 0. The molecule has 0 aliphatic carbocycles. The Bertz CT molecular complexity index is 614. The van der Waals surface area contributed by atoms with Crippen LogP contribution >= 0.6 is 0 Å². The van der Waals surface area contributed by atoms with Crippen molar-refractivity contribution in [2.75, 3.05) is 131 Å². The highest BCUT2D eigenvalue weighted by Gasteiger charge is 2.01. The average Bonchev–Trinajstić information content (AvgIpc) is 2.79. The molecule has 0 spiro atoms. The minimum atomic E-state index is -3.43. The quantitative estimate of drug-likeness (QED) is 0.0801. The van der Waals surface area contributed by atoms with E-state index in [1.807, 2.05) is 0 Å². The van der Waals surface area contributed by atoms with Crippen molar-refractivity contribution < 1.29 is 63.1 Å². The van der Waals surface area contributed by atoms with E-state index >= 15 is 0 Å². The zero-order chi connectivity index (χ0) is 26.8. The minimum absolute atomic E-state index is 0.00904. The third-order valence-electron chi connectivity index (χ3n) is 3.65. The molecule has 0 atom stereocenters. The summed E-state index contributed by atoms with van der Waals surface area (Å²) in [6, 6.07) is 0. The summed E-state index contributed by atoms with van der Waals surface area (Å²) in [5.74, 6) is 0. The minimum Gasteiger partial charge on any atom is -0.377 e. The van der Waals surface area contributed by atoms with E-state index in [0.29, 0.717) is 92.5 Å². The van der Waals surface area contributed by atoms with Gasteiger partial charge in [-0.15, -0.1) is 0 Å². The second-order valence-electron chi connectivity index (χ2n) is 6.95. The molecule has 0 saturated heterocycles. The van der Waals surface area contributed by atoms with Gasteiger partial charge in [0.15, 0.2) is 0 Å². The molecule has 0 rings (SSSR count). The number of hydrogen-bond acceptors (Lipinski definition) is 14. The molecule has 0 fully saturated rings. The predicted octanol–water partition coefficient (Wildman–Crippen LogP) is -0.928. The molecular formula is C20H42O14S2. The van der Waals surface area contributed by atoms with Gasteiger partial charge < -0.3 is 37.9 Å². The van der Waals surface area contributed by atoms with Gasteiger partial charge in [0.05, 0.1) is 131 Å². The van der Waals surface area contributed by atoms with E-state index in [0.717, 1.165) is 12.5 Å². The van der Waals surface area contributed by atoms with Gasteiger partial charge in [-0.05, 0) is 0 Å². The van der Waals surface area contributed by atoms with Crippen molar-refractivity contribution in [3.63, 3.8) is 0 Å². The Morgan fingerprint density at radius 2 is 0.444 bits per heavy atom. The largest absolute Gasteiger partial charge is 0.377 e. The lowest BCUT2D eigenvalue weighted by atomic mass is 10.6. The fraction of sp³-hybridized carbons (Fsp3) is 1.00. The number of rotatable bonds is 29. The molecule has 36 heavy (non-hydrogen) atoms. The maximum atomic E-state index is 10.7. The molecule has 0 radical (unpaired) electrons. The summed E-state index contributed by atoms with van der Waals surface area (Å²) in [7, 11) is -6.85. The van der Waals surface area contributed by atoms with Crippen LogP contribution in [0, 0.1) is 0 Å². The molecule has 0 aliphatic rings. The van der Waals surface area contributed by atoms with Crippen molar-refractivity contribution in [3.8, 4) is 0 Å². The van der Waals surface area contributed by atoms with Crippen LogP contribution in [0.2, 0.25) is 0 Å². The normalized spacial score (nSPS) is 12.4. The highest BCUT2D eigenvalue weighted by atomic mass is 32.2. The Kier molecular flexibility index (Phi) is 24.5. The van der Waals surface area contributed by atoms with Crippen molar-refractivity contribution in [1.29, 1.82) is 0 Å². The lowest BCUT2D eigenvalue weighted by Crippen LogP contribution is -2.15. The summed E-state index contributed by atoms with van der Waals surface area (Å²) in [6.45, 7) is 6.25. The van der Waals surface area contributed by atoms with Gasteiger partial charge >= 0.3 is 0 Å². The molecule has 218 valence electrons. The van der Waals surface area contributed by atoms with E-state index < -0.39 is 20.2 Å². The fourth-order valence-corrected chi connectivity index (χ4v) is 2.87. The Morgan fingerprint density at radius 3 is 0.583 bits per heavy atom. The Balaban J connectivity index is 3.09. The number of hydrogen-bond donors (Lipinski definition) is 0. The summed E-state index contributed by atoms with van der Waals surface area (Å²) >= 11 is 0. The summed E-state index contributed by atoms with van der Waals surface area (Å²) in [5, 5.41) is 0. The molecular weight excluding hydrogens is 528 g/mol. The maximum absolute atomic E-state index is 10.7. The van der Waals surface area contributed by atoms with Gasteiger partial charge in [-0.3, -0.25) is 8.37 Å². The van der Waals surface area contributed by atoms with Crippen LogP contribution in [-0.4, -0.2) is 148 Å². The predicted molar refractivity (Wildman–Crippen MR) is 128 cm³/mol. The summed E-state index contributed by atoms with van der Waals surface area (Å²) < 4.78 is 94.5. The van der Waals surface area contributed by atoms with Gasteiger partial charge in [-0.2, -0.15) is 16.8 Å². The molecule has 0 aromatic rings. The van der Waals surface area contributed by atoms with E-state index in [-0.39, 0.29) is 26.4 Å². The van der Waals surface area contributed by atoms with Crippen LogP contribution in [-0.2, 0) is 66.5 Å². The zero-order valence-corrected chi connectivity index (χ0v) is 22.9. The third kappa shape index (κ3) is 33.5. The van der Waals surface area contributed by atoms with Crippen molar-refractivity contribution >= 4 is 20.2 Å². The van der Waals surface area contributed by atoms with E-state index in [2.05, 4.69) is 8.37 Å². The molecule has 0 saturated carbocycles. The van der Waals surface area contributed by atoms with Gasteiger partial charge in [-0.25, -0.2) is 0 Å². The van der Waals surface area contributed by atoms with Crippen molar-refractivity contribution in [3.05, 3.63) is 0 Å². The molecule has 0 heterocycles. The van der Waals surface area contributed by atoms with Gasteiger partial charge in [0, 0.05) is 0 Å². The summed E-state index contributed by atoms with van der Waals surface area (Å²) in [6.07, 6.45) is 1.98. The SMILES string of the molecule is CS(=O)(=O)OCCOCCOCCOCCOCCOCCOCCOCCOCCOS(C)(=O)=O. The molecule has 16 heteroatoms. The molecule has 0 unspecified atom stereocenters. The topological polar surface area (TPSA) is 161 Å². The van der Waals surface area contributed by atoms with E-state index in [1.165, 1.54) is 0 Å². The smallest absolute Gasteiger partial charge is 0.264 e. The van der Waals surface area contributed by atoms with Gasteiger partial charge in [0.25, 0.3) is 20.2 Å². The molecule has 0 bridgehead atoms. The highest BCUT2D eigenvalue weighted by Crippen LogP contribution is 1.89. The lowest BCUT2D eigenvalue weighted by molar-refractivity contribution is -0.0240. The van der Waals surface area contributed by atoms with Crippen molar-refractivity contribution in [1.82, 2.24) is 0 Å². The highest BCUT2D eigenvalue weighted by molar-refractivity contribution is 7.86. The average molecular weight is 571 g/mol. The van der Waals surface area contributed by atoms with Crippen molar-refractivity contribution in [2.24, 2.45) is 0 Å². The molecule has 0 N–H and O–H groups in total. The monoisotopic (exact) mass is 570 g/mol. The van der Waals surface area contributed by atoms with Gasteiger partial charge in [-0.1, -0.05) is 0 Å². The second kappa shape index (κ2) is 24.8. The first-order valence-electron chi connectivity index (χ1n) is 11.5. The van der Waals surface area contributed by atoms with Gasteiger partial charge in [0.1, 0.15) is 0 Å². The second-order valence-corrected chi connectivity index (χ2v) is 10.2. The third-order valence-corrected chi connectivity index (χ3v) is 4.84. The van der Waals surface area contributed by atoms with Crippen LogP contribution in [0.4, 0.5) is 0 Å². The first kappa shape index (κ1) is 35.5. The molecule has 0 aromatic carbocycles. The Morgan fingerprint density at radius 1 is 0.306 bits per heavy atom. The van der Waals surface area contributed by atoms with E-state index in [1.54, 1.807) is 0 Å². The van der Waals surface area contributed by atoms with E-state index in [9.17, 15) is 16.8 Å². The van der Waals surface area contributed by atoms with Crippen LogP contribution in [0.1, 0.15) is 0 Å². The zero-order valence-electron chi connectivity index (χ0n) is 21.3. The van der Waals surface area contributed by atoms with E-state index in [4.69, 9.17) is 37.9 Å². The van der Waals surface area contributed by atoms with Gasteiger partial charge in [0.2, 0.25) is 0 Å². The molecule has 14 nitrogen and oxygen atoms in total. The Labute approximate surface area is 214 Å². The van der Waals surface area contributed by atoms with Crippen molar-refractivity contribution in [2.45, 2.75) is 0 Å². The van der Waals surface area contributed by atoms with Crippen LogP contribution < -0.4 is 0 Å². The van der Waals surface area contributed by atoms with Crippen LogP contribution in [0.15, 0.2) is 0 Å².